The van der Waals surface area contributed by atoms with Gasteiger partial charge in [0.1, 0.15) is 5.75 Å². The van der Waals surface area contributed by atoms with E-state index in [1.807, 2.05) is 50.9 Å². The highest BCUT2D eigenvalue weighted by molar-refractivity contribution is 5.93. The van der Waals surface area contributed by atoms with Crippen molar-refractivity contribution in [1.82, 2.24) is 4.90 Å². The number of esters is 1. The number of nitrogens with zero attached hydrogens (tertiary/aromatic N) is 2. The third-order valence-electron chi connectivity index (χ3n) is 4.10. The minimum atomic E-state index is -0.347. The quantitative estimate of drug-likeness (QED) is 0.353. The molecule has 0 aromatic heterocycles. The van der Waals surface area contributed by atoms with E-state index in [9.17, 15) is 4.79 Å². The molecule has 0 N–H and O–H groups in total. The van der Waals surface area contributed by atoms with E-state index in [1.54, 1.807) is 24.5 Å². The summed E-state index contributed by atoms with van der Waals surface area (Å²) in [7, 11) is 1.97. The topological polar surface area (TPSA) is 41.9 Å². The number of aryl methyl sites for hydroxylation is 1. The van der Waals surface area contributed by atoms with Gasteiger partial charge in [0.2, 0.25) is 0 Å². The third kappa shape index (κ3) is 4.22. The molecule has 0 unspecified atom stereocenters. The lowest BCUT2D eigenvalue weighted by Crippen LogP contribution is -2.14. The highest BCUT2D eigenvalue weighted by atomic mass is 16.5. The van der Waals surface area contributed by atoms with Gasteiger partial charge >= 0.3 is 5.97 Å². The van der Waals surface area contributed by atoms with Crippen molar-refractivity contribution in [2.75, 3.05) is 13.6 Å². The molecule has 4 nitrogen and oxygen atoms in total. The van der Waals surface area contributed by atoms with Crippen LogP contribution in [0.2, 0.25) is 0 Å². The second-order valence-electron chi connectivity index (χ2n) is 5.90. The summed E-state index contributed by atoms with van der Waals surface area (Å²) >= 11 is 0. The number of ether oxygens (including phenoxy) is 1. The Morgan fingerprint density at radius 1 is 1.08 bits per heavy atom. The van der Waals surface area contributed by atoms with Crippen LogP contribution in [0.5, 0.6) is 5.75 Å². The van der Waals surface area contributed by atoms with Crippen LogP contribution in [0.3, 0.4) is 0 Å². The summed E-state index contributed by atoms with van der Waals surface area (Å²) in [6.45, 7) is 8.84. The number of carbonyl (C=O) groups is 1. The van der Waals surface area contributed by atoms with Gasteiger partial charge in [-0.05, 0) is 63.1 Å². The first-order valence-electron chi connectivity index (χ1n) is 8.05. The Labute approximate surface area is 143 Å². The van der Waals surface area contributed by atoms with E-state index in [0.717, 1.165) is 28.9 Å². The Morgan fingerprint density at radius 2 is 1.75 bits per heavy atom. The summed E-state index contributed by atoms with van der Waals surface area (Å²) in [5.74, 6) is 0.204. The molecule has 2 aromatic carbocycles. The van der Waals surface area contributed by atoms with Crippen LogP contribution in [-0.4, -0.2) is 30.8 Å². The van der Waals surface area contributed by atoms with Crippen LogP contribution in [-0.2, 0) is 0 Å². The summed E-state index contributed by atoms with van der Waals surface area (Å²) in [6.07, 6.45) is 1.80. The first kappa shape index (κ1) is 17.7. The molecular formula is C20H24N2O2. The first-order valence-corrected chi connectivity index (χ1v) is 8.05. The van der Waals surface area contributed by atoms with Crippen LogP contribution in [0, 0.1) is 20.8 Å². The molecular weight excluding hydrogens is 300 g/mol. The van der Waals surface area contributed by atoms with Crippen LogP contribution in [0.1, 0.15) is 34.0 Å². The van der Waals surface area contributed by atoms with E-state index in [1.165, 1.54) is 0 Å². The predicted molar refractivity (Wildman–Crippen MR) is 98.5 cm³/mol. The molecule has 0 radical (unpaired) electrons. The molecule has 0 spiro atoms. The van der Waals surface area contributed by atoms with E-state index in [2.05, 4.69) is 11.9 Å². The van der Waals surface area contributed by atoms with E-state index < -0.39 is 0 Å². The Morgan fingerprint density at radius 3 is 2.38 bits per heavy atom. The van der Waals surface area contributed by atoms with Crippen LogP contribution >= 0.6 is 0 Å². The molecule has 126 valence electrons. The highest BCUT2D eigenvalue weighted by Gasteiger charge is 2.14. The number of benzene rings is 2. The van der Waals surface area contributed by atoms with Crippen molar-refractivity contribution in [3.63, 3.8) is 0 Å². The minimum Gasteiger partial charge on any atom is -0.423 e. The van der Waals surface area contributed by atoms with Gasteiger partial charge in [0.25, 0.3) is 0 Å². The Hall–Kier alpha value is -2.62. The van der Waals surface area contributed by atoms with E-state index in [0.29, 0.717) is 11.3 Å². The fraction of sp³-hybridized carbons (Fsp3) is 0.300. The minimum absolute atomic E-state index is 0.347. The van der Waals surface area contributed by atoms with Crippen molar-refractivity contribution >= 4 is 18.0 Å². The summed E-state index contributed by atoms with van der Waals surface area (Å²) in [5, 5.41) is 0. The number of aliphatic imine (C=N–C) groups is 1. The van der Waals surface area contributed by atoms with Gasteiger partial charge in [0.15, 0.2) is 0 Å². The molecule has 0 aliphatic heterocycles. The monoisotopic (exact) mass is 324 g/mol. The van der Waals surface area contributed by atoms with Crippen molar-refractivity contribution in [2.24, 2.45) is 4.99 Å². The van der Waals surface area contributed by atoms with Crippen molar-refractivity contribution in [3.8, 4) is 5.75 Å². The van der Waals surface area contributed by atoms with Gasteiger partial charge in [0, 0.05) is 13.6 Å². The van der Waals surface area contributed by atoms with Gasteiger partial charge in [-0.3, -0.25) is 0 Å². The Bertz CT molecular complexity index is 749. The maximum absolute atomic E-state index is 12.4. The van der Waals surface area contributed by atoms with Gasteiger partial charge in [-0.1, -0.05) is 17.7 Å². The van der Waals surface area contributed by atoms with E-state index in [4.69, 9.17) is 4.74 Å². The van der Waals surface area contributed by atoms with Crippen LogP contribution in [0.4, 0.5) is 5.69 Å². The number of hydrogen-bond donors (Lipinski definition) is 0. The fourth-order valence-electron chi connectivity index (χ4n) is 2.18. The summed E-state index contributed by atoms with van der Waals surface area (Å²) < 4.78 is 5.46. The molecule has 0 aliphatic carbocycles. The fourth-order valence-corrected chi connectivity index (χ4v) is 2.18. The smallest absolute Gasteiger partial charge is 0.343 e. The summed E-state index contributed by atoms with van der Waals surface area (Å²) in [4.78, 5) is 18.9. The molecule has 4 heteroatoms. The van der Waals surface area contributed by atoms with Gasteiger partial charge in [0.05, 0.1) is 17.6 Å². The Balaban J connectivity index is 2.22. The lowest BCUT2D eigenvalue weighted by Gasteiger charge is -2.12. The predicted octanol–water partition coefficient (Wildman–Crippen LogP) is 4.44. The van der Waals surface area contributed by atoms with Crippen molar-refractivity contribution in [3.05, 3.63) is 58.7 Å². The summed E-state index contributed by atoms with van der Waals surface area (Å²) in [5.41, 5.74) is 4.42. The van der Waals surface area contributed by atoms with Gasteiger partial charge in [-0.2, -0.15) is 0 Å². The molecule has 0 heterocycles. The molecule has 0 fully saturated rings. The molecule has 0 saturated carbocycles. The molecule has 2 aromatic rings. The van der Waals surface area contributed by atoms with Crippen LogP contribution in [0.15, 0.2) is 41.4 Å². The zero-order chi connectivity index (χ0) is 17.7. The first-order chi connectivity index (χ1) is 11.4. The average Bonchev–Trinajstić information content (AvgIpc) is 2.57. The lowest BCUT2D eigenvalue weighted by atomic mass is 10.0. The third-order valence-corrected chi connectivity index (χ3v) is 4.10. The lowest BCUT2D eigenvalue weighted by molar-refractivity contribution is 0.0734. The normalized spacial score (nSPS) is 10.9. The molecule has 0 saturated heterocycles. The zero-order valence-electron chi connectivity index (χ0n) is 15.0. The average molecular weight is 324 g/mol. The van der Waals surface area contributed by atoms with Crippen molar-refractivity contribution < 1.29 is 9.53 Å². The SMILES string of the molecule is CCN(C)C=Nc1ccc(C(=O)Oc2ccc(C)cc2)c(C)c1C. The number of rotatable bonds is 5. The zero-order valence-corrected chi connectivity index (χ0v) is 15.0. The van der Waals surface area contributed by atoms with Crippen molar-refractivity contribution in [2.45, 2.75) is 27.7 Å². The molecule has 0 bridgehead atoms. The molecule has 0 atom stereocenters. The largest absolute Gasteiger partial charge is 0.423 e. The van der Waals surface area contributed by atoms with Gasteiger partial charge in [-0.25, -0.2) is 9.79 Å². The maximum Gasteiger partial charge on any atom is 0.343 e. The standard InChI is InChI=1S/C20H24N2O2/c1-6-22(5)13-21-19-12-11-18(15(3)16(19)4)20(23)24-17-9-7-14(2)8-10-17/h7-13H,6H2,1-5H3. The van der Waals surface area contributed by atoms with Crippen LogP contribution in [0.25, 0.3) is 0 Å². The molecule has 0 amide bonds. The number of carbonyl (C=O) groups excluding carboxylic acids is 1. The summed E-state index contributed by atoms with van der Waals surface area (Å²) in [6, 6.07) is 11.1. The number of hydrogen-bond acceptors (Lipinski definition) is 3. The molecule has 24 heavy (non-hydrogen) atoms. The highest BCUT2D eigenvalue weighted by Crippen LogP contribution is 2.25. The van der Waals surface area contributed by atoms with Gasteiger partial charge in [-0.15, -0.1) is 0 Å². The van der Waals surface area contributed by atoms with E-state index >= 15 is 0 Å². The van der Waals surface area contributed by atoms with Crippen molar-refractivity contribution in [1.29, 1.82) is 0 Å². The van der Waals surface area contributed by atoms with E-state index in [-0.39, 0.29) is 5.97 Å². The second kappa shape index (κ2) is 7.77. The second-order valence-corrected chi connectivity index (χ2v) is 5.90. The Kier molecular flexibility index (Phi) is 5.74. The van der Waals surface area contributed by atoms with Gasteiger partial charge < -0.3 is 9.64 Å². The molecule has 2 rings (SSSR count). The molecule has 0 aliphatic rings. The van der Waals surface area contributed by atoms with Crippen LogP contribution < -0.4 is 4.74 Å². The maximum atomic E-state index is 12.4.